The summed E-state index contributed by atoms with van der Waals surface area (Å²) in [4.78, 5) is 4.65. The van der Waals surface area contributed by atoms with Crippen LogP contribution in [0.5, 0.6) is 11.8 Å². The first kappa shape index (κ1) is 18.8. The van der Waals surface area contributed by atoms with E-state index in [2.05, 4.69) is 17.1 Å². The lowest BCUT2D eigenvalue weighted by atomic mass is 10.1. The molecule has 3 aromatic carbocycles. The van der Waals surface area contributed by atoms with Crippen molar-refractivity contribution in [1.82, 2.24) is 4.98 Å². The molecular weight excluding hydrogens is 358 g/mol. The molecule has 144 valence electrons. The number of nitrogens with zero attached hydrogens (tertiary/aromatic N) is 1. The Bertz CT molecular complexity index is 1020. The van der Waals surface area contributed by atoms with Crippen LogP contribution in [0.25, 0.3) is 0 Å². The minimum Gasteiger partial charge on any atom is -0.473 e. The van der Waals surface area contributed by atoms with Gasteiger partial charge in [-0.3, -0.25) is 0 Å². The van der Waals surface area contributed by atoms with Crippen LogP contribution < -0.4 is 9.47 Å². The molecule has 0 aliphatic carbocycles. The van der Waals surface area contributed by atoms with Crippen LogP contribution in [0.15, 0.2) is 103 Å². The Kier molecular flexibility index (Phi) is 6.18. The van der Waals surface area contributed by atoms with Gasteiger partial charge in [0.05, 0.1) is 0 Å². The molecule has 0 saturated carbocycles. The number of rotatable bonds is 8. The Morgan fingerprint density at radius 2 is 1.03 bits per heavy atom. The summed E-state index contributed by atoms with van der Waals surface area (Å²) in [5, 5.41) is 0. The summed E-state index contributed by atoms with van der Waals surface area (Å²) < 4.78 is 12.0. The zero-order valence-corrected chi connectivity index (χ0v) is 16.2. The first-order valence-corrected chi connectivity index (χ1v) is 9.74. The topological polar surface area (TPSA) is 31.4 Å². The minimum absolute atomic E-state index is 0.470. The van der Waals surface area contributed by atoms with Gasteiger partial charge in [0, 0.05) is 18.1 Å². The summed E-state index contributed by atoms with van der Waals surface area (Å²) in [5.41, 5.74) is 4.47. The summed E-state index contributed by atoms with van der Waals surface area (Å²) >= 11 is 0. The van der Waals surface area contributed by atoms with Crippen molar-refractivity contribution in [2.45, 2.75) is 19.6 Å². The normalized spacial score (nSPS) is 10.5. The van der Waals surface area contributed by atoms with E-state index in [-0.39, 0.29) is 0 Å². The third-order valence-electron chi connectivity index (χ3n) is 4.60. The van der Waals surface area contributed by atoms with Gasteiger partial charge >= 0.3 is 0 Å². The molecule has 0 unspecified atom stereocenters. The largest absolute Gasteiger partial charge is 0.473 e. The highest BCUT2D eigenvalue weighted by molar-refractivity contribution is 5.36. The van der Waals surface area contributed by atoms with E-state index in [9.17, 15) is 0 Å². The van der Waals surface area contributed by atoms with E-state index in [1.54, 1.807) is 0 Å². The van der Waals surface area contributed by atoms with Crippen molar-refractivity contribution < 1.29 is 9.47 Å². The molecule has 4 aromatic rings. The predicted octanol–water partition coefficient (Wildman–Crippen LogP) is 5.83. The molecule has 0 spiro atoms. The number of hydrogen-bond donors (Lipinski definition) is 0. The van der Waals surface area contributed by atoms with Crippen molar-refractivity contribution in [3.05, 3.63) is 125 Å². The fourth-order valence-electron chi connectivity index (χ4n) is 3.07. The fourth-order valence-corrected chi connectivity index (χ4v) is 3.07. The van der Waals surface area contributed by atoms with Crippen LogP contribution in [-0.2, 0) is 19.6 Å². The van der Waals surface area contributed by atoms with Gasteiger partial charge in [-0.2, -0.15) is 4.98 Å². The van der Waals surface area contributed by atoms with Crippen LogP contribution in [-0.4, -0.2) is 4.98 Å². The van der Waals surface area contributed by atoms with Crippen LogP contribution >= 0.6 is 0 Å². The van der Waals surface area contributed by atoms with Gasteiger partial charge in [0.15, 0.2) is 0 Å². The number of pyridine rings is 1. The average Bonchev–Trinajstić information content (AvgIpc) is 2.79. The lowest BCUT2D eigenvalue weighted by molar-refractivity contribution is 0.265. The van der Waals surface area contributed by atoms with E-state index in [0.29, 0.717) is 25.0 Å². The van der Waals surface area contributed by atoms with E-state index >= 15 is 0 Å². The smallest absolute Gasteiger partial charge is 0.220 e. The molecule has 3 heteroatoms. The Balaban J connectivity index is 1.53. The SMILES string of the molecule is c1ccc(COc2ccc(Cc3ccccc3)c(OCc3ccccc3)n2)cc1. The summed E-state index contributed by atoms with van der Waals surface area (Å²) in [6.45, 7) is 0.946. The molecule has 0 saturated heterocycles. The second-order valence-electron chi connectivity index (χ2n) is 6.82. The summed E-state index contributed by atoms with van der Waals surface area (Å²) in [6, 6.07) is 34.5. The summed E-state index contributed by atoms with van der Waals surface area (Å²) in [5.74, 6) is 1.18. The van der Waals surface area contributed by atoms with Crippen molar-refractivity contribution in [2.75, 3.05) is 0 Å². The molecule has 0 atom stereocenters. The van der Waals surface area contributed by atoms with Crippen LogP contribution in [0, 0.1) is 0 Å². The molecular formula is C26H23NO2. The highest BCUT2D eigenvalue weighted by Gasteiger charge is 2.10. The second-order valence-corrected chi connectivity index (χ2v) is 6.82. The molecule has 1 heterocycles. The van der Waals surface area contributed by atoms with Gasteiger partial charge in [-0.05, 0) is 22.8 Å². The monoisotopic (exact) mass is 381 g/mol. The highest BCUT2D eigenvalue weighted by Crippen LogP contribution is 2.24. The molecule has 0 amide bonds. The quantitative estimate of drug-likeness (QED) is 0.385. The van der Waals surface area contributed by atoms with E-state index in [0.717, 1.165) is 23.1 Å². The standard InChI is InChI=1S/C26H23NO2/c1-4-10-21(11-5-1)18-24-16-17-25(28-19-22-12-6-2-7-13-22)27-26(24)29-20-23-14-8-3-9-15-23/h1-17H,18-20H2. The summed E-state index contributed by atoms with van der Waals surface area (Å²) in [7, 11) is 0. The fraction of sp³-hybridized carbons (Fsp3) is 0.115. The van der Waals surface area contributed by atoms with Crippen molar-refractivity contribution in [1.29, 1.82) is 0 Å². The maximum atomic E-state index is 6.10. The van der Waals surface area contributed by atoms with Crippen LogP contribution in [0.3, 0.4) is 0 Å². The maximum absolute atomic E-state index is 6.10. The highest BCUT2D eigenvalue weighted by atomic mass is 16.5. The molecule has 0 N–H and O–H groups in total. The summed E-state index contributed by atoms with van der Waals surface area (Å²) in [6.07, 6.45) is 0.761. The van der Waals surface area contributed by atoms with Gasteiger partial charge in [-0.25, -0.2) is 0 Å². The van der Waals surface area contributed by atoms with E-state index in [1.165, 1.54) is 5.56 Å². The molecule has 1 aromatic heterocycles. The second kappa shape index (κ2) is 9.56. The zero-order chi connectivity index (χ0) is 19.7. The Morgan fingerprint density at radius 1 is 0.517 bits per heavy atom. The van der Waals surface area contributed by atoms with Crippen molar-refractivity contribution in [3.8, 4) is 11.8 Å². The van der Waals surface area contributed by atoms with Gasteiger partial charge in [-0.1, -0.05) is 91.0 Å². The molecule has 0 fully saturated rings. The van der Waals surface area contributed by atoms with Crippen LogP contribution in [0.4, 0.5) is 0 Å². The van der Waals surface area contributed by atoms with Gasteiger partial charge in [0.2, 0.25) is 11.8 Å². The van der Waals surface area contributed by atoms with Gasteiger partial charge in [-0.15, -0.1) is 0 Å². The van der Waals surface area contributed by atoms with Gasteiger partial charge in [0.1, 0.15) is 13.2 Å². The third kappa shape index (κ3) is 5.45. The lowest BCUT2D eigenvalue weighted by Gasteiger charge is -2.13. The Labute approximate surface area is 171 Å². The van der Waals surface area contributed by atoms with Crippen LogP contribution in [0.1, 0.15) is 22.3 Å². The van der Waals surface area contributed by atoms with E-state index in [4.69, 9.17) is 9.47 Å². The lowest BCUT2D eigenvalue weighted by Crippen LogP contribution is -2.04. The molecule has 29 heavy (non-hydrogen) atoms. The van der Waals surface area contributed by atoms with Crippen molar-refractivity contribution in [2.24, 2.45) is 0 Å². The first-order valence-electron chi connectivity index (χ1n) is 9.74. The zero-order valence-electron chi connectivity index (χ0n) is 16.2. The van der Waals surface area contributed by atoms with Gasteiger partial charge < -0.3 is 9.47 Å². The molecule has 0 aliphatic heterocycles. The van der Waals surface area contributed by atoms with Crippen LogP contribution in [0.2, 0.25) is 0 Å². The van der Waals surface area contributed by atoms with Crippen molar-refractivity contribution >= 4 is 0 Å². The number of aromatic nitrogens is 1. The molecule has 4 rings (SSSR count). The van der Waals surface area contributed by atoms with E-state index < -0.39 is 0 Å². The van der Waals surface area contributed by atoms with Gasteiger partial charge in [0.25, 0.3) is 0 Å². The maximum Gasteiger partial charge on any atom is 0.220 e. The molecule has 3 nitrogen and oxygen atoms in total. The minimum atomic E-state index is 0.470. The number of hydrogen-bond acceptors (Lipinski definition) is 3. The molecule has 0 radical (unpaired) electrons. The predicted molar refractivity (Wildman–Crippen MR) is 115 cm³/mol. The molecule has 0 aliphatic rings. The molecule has 0 bridgehead atoms. The van der Waals surface area contributed by atoms with Crippen molar-refractivity contribution in [3.63, 3.8) is 0 Å². The Morgan fingerprint density at radius 3 is 1.62 bits per heavy atom. The first-order chi connectivity index (χ1) is 14.4. The number of ether oxygens (including phenoxy) is 2. The average molecular weight is 381 g/mol. The number of benzene rings is 3. The Hall–Kier alpha value is -3.59. The van der Waals surface area contributed by atoms with E-state index in [1.807, 2.05) is 91.0 Å². The third-order valence-corrected chi connectivity index (χ3v) is 4.60.